The fraction of sp³-hybridized carbons (Fsp3) is 0.474. The van der Waals surface area contributed by atoms with Crippen molar-refractivity contribution in [1.82, 2.24) is 0 Å². The standard InChI is InChI=1S/C38H50O16/c1-23(2)31(41)49-17-37(18-50-32(42)24(3)4,19-51-33(43)25(5)6)15-47-29(39)13-14-30(40)48-16-38(20-52-34(44)26(7)8,21-53-35(45)27(9)10)22-54-36(46)28(11)12/h1,3,5,7,9,11,13-22H2,2,4,6,8,10,12H3. The molecule has 0 rings (SSSR count). The molecular weight excluding hydrogens is 712 g/mol. The van der Waals surface area contributed by atoms with Crippen LogP contribution in [0.5, 0.6) is 0 Å². The fourth-order valence-electron chi connectivity index (χ4n) is 3.37. The Balaban J connectivity index is 6.08. The van der Waals surface area contributed by atoms with Crippen LogP contribution in [0.2, 0.25) is 0 Å². The van der Waals surface area contributed by atoms with Gasteiger partial charge in [0, 0.05) is 33.4 Å². The summed E-state index contributed by atoms with van der Waals surface area (Å²) in [6.45, 7) is 24.6. The Morgan fingerprint density at radius 3 is 0.611 bits per heavy atom. The van der Waals surface area contributed by atoms with E-state index in [0.717, 1.165) is 0 Å². The van der Waals surface area contributed by atoms with E-state index < -0.39 is 124 Å². The minimum absolute atomic E-state index is 0.0261. The van der Waals surface area contributed by atoms with E-state index in [4.69, 9.17) is 37.9 Å². The average Bonchev–Trinajstić information content (AvgIpc) is 3.11. The van der Waals surface area contributed by atoms with Gasteiger partial charge in [-0.1, -0.05) is 39.5 Å². The summed E-state index contributed by atoms with van der Waals surface area (Å²) in [4.78, 5) is 99.1. The predicted molar refractivity (Wildman–Crippen MR) is 191 cm³/mol. The zero-order valence-corrected chi connectivity index (χ0v) is 31.8. The molecule has 0 fully saturated rings. The van der Waals surface area contributed by atoms with Crippen LogP contribution in [0.15, 0.2) is 72.9 Å². The first-order valence-electron chi connectivity index (χ1n) is 16.2. The molecule has 0 atom stereocenters. The van der Waals surface area contributed by atoms with Crippen molar-refractivity contribution in [3.63, 3.8) is 0 Å². The molecule has 298 valence electrons. The van der Waals surface area contributed by atoms with Crippen LogP contribution < -0.4 is 0 Å². The van der Waals surface area contributed by atoms with Crippen LogP contribution in [-0.4, -0.2) is 101 Å². The molecule has 16 nitrogen and oxygen atoms in total. The summed E-state index contributed by atoms with van der Waals surface area (Å²) >= 11 is 0. The lowest BCUT2D eigenvalue weighted by Gasteiger charge is -2.32. The molecular formula is C38H50O16. The van der Waals surface area contributed by atoms with Gasteiger partial charge in [0.15, 0.2) is 0 Å². The van der Waals surface area contributed by atoms with E-state index in [1.807, 2.05) is 0 Å². The van der Waals surface area contributed by atoms with Crippen molar-refractivity contribution >= 4 is 47.8 Å². The fourth-order valence-corrected chi connectivity index (χ4v) is 3.37. The van der Waals surface area contributed by atoms with Gasteiger partial charge >= 0.3 is 47.8 Å². The van der Waals surface area contributed by atoms with Gasteiger partial charge in [0.05, 0.1) is 12.8 Å². The van der Waals surface area contributed by atoms with Gasteiger partial charge in [0.25, 0.3) is 0 Å². The summed E-state index contributed by atoms with van der Waals surface area (Å²) in [5, 5.41) is 0. The summed E-state index contributed by atoms with van der Waals surface area (Å²) in [6, 6.07) is 0. The first-order chi connectivity index (χ1) is 25.0. The van der Waals surface area contributed by atoms with Crippen molar-refractivity contribution in [3.8, 4) is 0 Å². The second kappa shape index (κ2) is 23.0. The highest BCUT2D eigenvalue weighted by Gasteiger charge is 2.40. The summed E-state index contributed by atoms with van der Waals surface area (Å²) in [5.74, 6) is -6.93. The number of carbonyl (C=O) groups is 8. The van der Waals surface area contributed by atoms with E-state index in [-0.39, 0.29) is 33.4 Å². The van der Waals surface area contributed by atoms with Gasteiger partial charge in [0.1, 0.15) is 63.7 Å². The molecule has 0 radical (unpaired) electrons. The molecule has 0 aliphatic heterocycles. The van der Waals surface area contributed by atoms with Crippen LogP contribution in [0, 0.1) is 10.8 Å². The van der Waals surface area contributed by atoms with Crippen LogP contribution >= 0.6 is 0 Å². The van der Waals surface area contributed by atoms with Gasteiger partial charge in [-0.3, -0.25) is 9.59 Å². The molecule has 54 heavy (non-hydrogen) atoms. The maximum absolute atomic E-state index is 12.9. The summed E-state index contributed by atoms with van der Waals surface area (Å²) < 4.78 is 42.2. The lowest BCUT2D eigenvalue weighted by molar-refractivity contribution is -0.172. The van der Waals surface area contributed by atoms with Crippen molar-refractivity contribution in [1.29, 1.82) is 0 Å². The maximum Gasteiger partial charge on any atom is 0.333 e. The Kier molecular flexibility index (Phi) is 20.5. The van der Waals surface area contributed by atoms with E-state index >= 15 is 0 Å². The Hall–Kier alpha value is -5.80. The van der Waals surface area contributed by atoms with Crippen LogP contribution in [-0.2, 0) is 76.3 Å². The number of ether oxygens (including phenoxy) is 8. The second-order valence-corrected chi connectivity index (χ2v) is 13.0. The second-order valence-electron chi connectivity index (χ2n) is 13.0. The maximum atomic E-state index is 12.9. The van der Waals surface area contributed by atoms with Gasteiger partial charge in [-0.2, -0.15) is 0 Å². The molecule has 0 aromatic heterocycles. The van der Waals surface area contributed by atoms with Gasteiger partial charge in [0.2, 0.25) is 0 Å². The Labute approximate surface area is 314 Å². The molecule has 0 unspecified atom stereocenters. The summed E-state index contributed by atoms with van der Waals surface area (Å²) in [5.41, 5.74) is -3.09. The molecule has 0 aliphatic carbocycles. The molecule has 0 spiro atoms. The zero-order valence-electron chi connectivity index (χ0n) is 31.8. The highest BCUT2D eigenvalue weighted by molar-refractivity contribution is 5.89. The Morgan fingerprint density at radius 2 is 0.463 bits per heavy atom. The molecule has 16 heteroatoms. The minimum atomic E-state index is -1.62. The van der Waals surface area contributed by atoms with Gasteiger partial charge < -0.3 is 37.9 Å². The Bertz CT molecular complexity index is 1280. The minimum Gasteiger partial charge on any atom is -0.465 e. The van der Waals surface area contributed by atoms with E-state index in [9.17, 15) is 38.4 Å². The summed E-state index contributed by atoms with van der Waals surface area (Å²) in [7, 11) is 0. The van der Waals surface area contributed by atoms with Crippen molar-refractivity contribution in [3.05, 3.63) is 72.9 Å². The Morgan fingerprint density at radius 1 is 0.315 bits per heavy atom. The van der Waals surface area contributed by atoms with Gasteiger partial charge in [-0.15, -0.1) is 0 Å². The zero-order chi connectivity index (χ0) is 41.8. The highest BCUT2D eigenvalue weighted by atomic mass is 16.6. The van der Waals surface area contributed by atoms with E-state index in [1.165, 1.54) is 41.5 Å². The van der Waals surface area contributed by atoms with Gasteiger partial charge in [-0.25, -0.2) is 28.8 Å². The van der Waals surface area contributed by atoms with Crippen molar-refractivity contribution in [2.45, 2.75) is 54.4 Å². The molecule has 0 aliphatic rings. The van der Waals surface area contributed by atoms with Crippen LogP contribution in [0.3, 0.4) is 0 Å². The van der Waals surface area contributed by atoms with Crippen molar-refractivity contribution in [2.24, 2.45) is 10.8 Å². The lowest BCUT2D eigenvalue weighted by Crippen LogP contribution is -2.44. The van der Waals surface area contributed by atoms with Crippen molar-refractivity contribution < 1.29 is 76.3 Å². The van der Waals surface area contributed by atoms with Crippen molar-refractivity contribution in [2.75, 3.05) is 52.9 Å². The molecule has 0 heterocycles. The lowest BCUT2D eigenvalue weighted by atomic mass is 9.92. The molecule has 0 amide bonds. The number of hydrogen-bond donors (Lipinski definition) is 0. The first-order valence-corrected chi connectivity index (χ1v) is 16.2. The molecule has 0 aromatic carbocycles. The molecule has 0 aromatic rings. The third kappa shape index (κ3) is 18.6. The summed E-state index contributed by atoms with van der Waals surface area (Å²) in [6.07, 6.45) is -1.13. The van der Waals surface area contributed by atoms with E-state index in [0.29, 0.717) is 0 Å². The highest BCUT2D eigenvalue weighted by Crippen LogP contribution is 2.25. The molecule has 0 N–H and O–H groups in total. The molecule has 0 saturated heterocycles. The number of esters is 8. The normalized spacial score (nSPS) is 10.7. The predicted octanol–water partition coefficient (Wildman–Crippen LogP) is 3.54. The van der Waals surface area contributed by atoms with Crippen LogP contribution in [0.4, 0.5) is 0 Å². The topological polar surface area (TPSA) is 210 Å². The van der Waals surface area contributed by atoms with E-state index in [1.54, 1.807) is 0 Å². The molecule has 0 bridgehead atoms. The monoisotopic (exact) mass is 762 g/mol. The number of carbonyl (C=O) groups excluding carboxylic acids is 8. The first kappa shape index (κ1) is 48.2. The van der Waals surface area contributed by atoms with Crippen LogP contribution in [0.25, 0.3) is 0 Å². The largest absolute Gasteiger partial charge is 0.465 e. The third-order valence-electron chi connectivity index (χ3n) is 6.76. The number of hydrogen-bond acceptors (Lipinski definition) is 16. The quantitative estimate of drug-likeness (QED) is 0.0740. The SMILES string of the molecule is C=C(C)C(=O)OCC(COC(=O)CCC(=O)OCC(COC(=O)C(=C)C)(COC(=O)C(=C)C)COC(=O)C(=C)C)(COC(=O)C(=C)C)COC(=O)C(=C)C. The van der Waals surface area contributed by atoms with Crippen LogP contribution in [0.1, 0.15) is 54.4 Å². The van der Waals surface area contributed by atoms with E-state index in [2.05, 4.69) is 39.5 Å². The number of rotatable bonds is 25. The average molecular weight is 763 g/mol. The smallest absolute Gasteiger partial charge is 0.333 e. The third-order valence-corrected chi connectivity index (χ3v) is 6.76. The molecule has 0 saturated carbocycles. The van der Waals surface area contributed by atoms with Gasteiger partial charge in [-0.05, 0) is 41.5 Å².